The van der Waals surface area contributed by atoms with E-state index in [9.17, 15) is 4.79 Å². The summed E-state index contributed by atoms with van der Waals surface area (Å²) in [6, 6.07) is 0. The van der Waals surface area contributed by atoms with Crippen LogP contribution in [-0.4, -0.2) is 11.1 Å². The zero-order valence-electron chi connectivity index (χ0n) is 9.10. The molecule has 0 saturated carbocycles. The molecule has 0 heterocycles. The standard InChI is InChI=1S/C8H17NO2.Na.H/c1-2-3-4-5-6-7-8(10)9-11;;/h11H,2-7H2,1H3,(H,9,10);;/q;+1;-1. The number of carbonyl (C=O) groups is 1. The number of hydrogen-bond acceptors (Lipinski definition) is 2. The number of carbonyl (C=O) groups excluding carboxylic acids is 1. The van der Waals surface area contributed by atoms with E-state index in [-0.39, 0.29) is 36.9 Å². The maximum Gasteiger partial charge on any atom is 1.00 e. The van der Waals surface area contributed by atoms with Crippen molar-refractivity contribution in [2.75, 3.05) is 0 Å². The summed E-state index contributed by atoms with van der Waals surface area (Å²) in [6.07, 6.45) is 6.05. The van der Waals surface area contributed by atoms with Gasteiger partial charge in [0, 0.05) is 6.42 Å². The molecule has 0 aromatic carbocycles. The molecule has 0 aromatic rings. The van der Waals surface area contributed by atoms with E-state index < -0.39 is 0 Å². The zero-order valence-corrected chi connectivity index (χ0v) is 10.1. The first-order valence-corrected chi connectivity index (χ1v) is 4.24. The summed E-state index contributed by atoms with van der Waals surface area (Å²) in [4.78, 5) is 10.5. The van der Waals surface area contributed by atoms with E-state index in [2.05, 4.69) is 6.92 Å². The van der Waals surface area contributed by atoms with Crippen molar-refractivity contribution in [3.05, 3.63) is 0 Å². The van der Waals surface area contributed by atoms with Crippen LogP contribution in [0.15, 0.2) is 0 Å². The SMILES string of the molecule is CCCCCCCC(=O)NO.[H-].[Na+]. The Balaban J connectivity index is -0.000000500. The summed E-state index contributed by atoms with van der Waals surface area (Å²) < 4.78 is 0. The van der Waals surface area contributed by atoms with Gasteiger partial charge < -0.3 is 1.43 Å². The number of amides is 1. The topological polar surface area (TPSA) is 49.3 Å². The molecule has 0 aliphatic rings. The van der Waals surface area contributed by atoms with Crippen LogP contribution in [0.5, 0.6) is 0 Å². The third kappa shape index (κ3) is 10.4. The third-order valence-corrected chi connectivity index (χ3v) is 1.63. The monoisotopic (exact) mass is 183 g/mol. The van der Waals surface area contributed by atoms with Crippen LogP contribution in [0, 0.1) is 0 Å². The fourth-order valence-corrected chi connectivity index (χ4v) is 0.945. The summed E-state index contributed by atoms with van der Waals surface area (Å²) in [5, 5.41) is 8.14. The Hall–Kier alpha value is 0.430. The fraction of sp³-hybridized carbons (Fsp3) is 0.875. The van der Waals surface area contributed by atoms with Gasteiger partial charge in [-0.3, -0.25) is 10.0 Å². The molecule has 0 bridgehead atoms. The van der Waals surface area contributed by atoms with Crippen LogP contribution in [0.2, 0.25) is 0 Å². The predicted molar refractivity (Wildman–Crippen MR) is 44.4 cm³/mol. The van der Waals surface area contributed by atoms with Crippen LogP contribution in [-0.2, 0) is 4.79 Å². The molecular formula is C8H18NNaO2. The number of nitrogens with one attached hydrogen (secondary N) is 1. The van der Waals surface area contributed by atoms with E-state index in [0.29, 0.717) is 6.42 Å². The minimum absolute atomic E-state index is 0. The van der Waals surface area contributed by atoms with Crippen molar-refractivity contribution in [1.29, 1.82) is 0 Å². The largest absolute Gasteiger partial charge is 1.00 e. The first kappa shape index (κ1) is 14.9. The zero-order chi connectivity index (χ0) is 8.53. The van der Waals surface area contributed by atoms with Gasteiger partial charge in [-0.1, -0.05) is 32.6 Å². The van der Waals surface area contributed by atoms with Crippen molar-refractivity contribution in [2.24, 2.45) is 0 Å². The molecule has 0 atom stereocenters. The van der Waals surface area contributed by atoms with E-state index in [1.807, 2.05) is 0 Å². The van der Waals surface area contributed by atoms with E-state index in [1.165, 1.54) is 19.3 Å². The fourth-order valence-electron chi connectivity index (χ4n) is 0.945. The second-order valence-corrected chi connectivity index (χ2v) is 2.70. The molecule has 1 amide bonds. The first-order valence-electron chi connectivity index (χ1n) is 4.24. The van der Waals surface area contributed by atoms with Gasteiger partial charge in [0.25, 0.3) is 0 Å². The van der Waals surface area contributed by atoms with E-state index in [4.69, 9.17) is 5.21 Å². The maximum atomic E-state index is 10.5. The Morgan fingerprint density at radius 1 is 1.33 bits per heavy atom. The van der Waals surface area contributed by atoms with Crippen molar-refractivity contribution in [3.63, 3.8) is 0 Å². The molecule has 4 heteroatoms. The summed E-state index contributed by atoms with van der Waals surface area (Å²) >= 11 is 0. The summed E-state index contributed by atoms with van der Waals surface area (Å²) in [5.41, 5.74) is 1.62. The van der Waals surface area contributed by atoms with Crippen molar-refractivity contribution >= 4 is 5.91 Å². The van der Waals surface area contributed by atoms with Crippen LogP contribution < -0.4 is 35.0 Å². The Kier molecular flexibility index (Phi) is 14.2. The van der Waals surface area contributed by atoms with E-state index in [1.54, 1.807) is 5.48 Å². The second-order valence-electron chi connectivity index (χ2n) is 2.70. The van der Waals surface area contributed by atoms with E-state index in [0.717, 1.165) is 12.8 Å². The van der Waals surface area contributed by atoms with Crippen LogP contribution in [0.25, 0.3) is 0 Å². The van der Waals surface area contributed by atoms with Crippen molar-refractivity contribution in [3.8, 4) is 0 Å². The minimum atomic E-state index is -0.276. The number of hydrogen-bond donors (Lipinski definition) is 2. The predicted octanol–water partition coefficient (Wildman–Crippen LogP) is -1.03. The van der Waals surface area contributed by atoms with Gasteiger partial charge in [-0.2, -0.15) is 0 Å². The molecule has 0 unspecified atom stereocenters. The molecule has 68 valence electrons. The van der Waals surface area contributed by atoms with Crippen molar-refractivity contribution in [1.82, 2.24) is 5.48 Å². The van der Waals surface area contributed by atoms with E-state index >= 15 is 0 Å². The molecule has 2 N–H and O–H groups in total. The van der Waals surface area contributed by atoms with Crippen molar-refractivity contribution in [2.45, 2.75) is 45.4 Å². The van der Waals surface area contributed by atoms with Crippen LogP contribution in [0.3, 0.4) is 0 Å². The molecule has 0 aromatic heterocycles. The quantitative estimate of drug-likeness (QED) is 0.239. The average Bonchev–Trinajstić information content (AvgIpc) is 2.04. The molecule has 0 saturated heterocycles. The van der Waals surface area contributed by atoms with Gasteiger partial charge in [-0.15, -0.1) is 0 Å². The van der Waals surface area contributed by atoms with Gasteiger partial charge in [-0.05, 0) is 6.42 Å². The third-order valence-electron chi connectivity index (χ3n) is 1.63. The Labute approximate surface area is 97.7 Å². The Morgan fingerprint density at radius 2 is 1.92 bits per heavy atom. The second kappa shape index (κ2) is 11.4. The minimum Gasteiger partial charge on any atom is -1.00 e. The molecule has 12 heavy (non-hydrogen) atoms. The molecular weight excluding hydrogens is 165 g/mol. The molecule has 0 aliphatic heterocycles. The van der Waals surface area contributed by atoms with Crippen LogP contribution in [0.1, 0.15) is 46.9 Å². The number of unbranched alkanes of at least 4 members (excludes halogenated alkanes) is 4. The summed E-state index contributed by atoms with van der Waals surface area (Å²) in [6.45, 7) is 2.15. The van der Waals surface area contributed by atoms with Crippen molar-refractivity contribution < 1.29 is 41.0 Å². The molecule has 3 nitrogen and oxygen atoms in total. The number of hydroxylamine groups is 1. The van der Waals surface area contributed by atoms with Gasteiger partial charge in [0.1, 0.15) is 0 Å². The molecule has 0 rings (SSSR count). The molecule has 0 spiro atoms. The maximum absolute atomic E-state index is 10.5. The molecule has 0 aliphatic carbocycles. The van der Waals surface area contributed by atoms with Gasteiger partial charge in [0.15, 0.2) is 0 Å². The molecule has 0 radical (unpaired) electrons. The van der Waals surface area contributed by atoms with Gasteiger partial charge in [0.2, 0.25) is 5.91 Å². The van der Waals surface area contributed by atoms with Gasteiger partial charge in [0.05, 0.1) is 0 Å². The normalized spacial score (nSPS) is 8.83. The Morgan fingerprint density at radius 3 is 2.42 bits per heavy atom. The van der Waals surface area contributed by atoms with Gasteiger partial charge in [-0.25, -0.2) is 5.48 Å². The Bertz CT molecular complexity index is 114. The first-order chi connectivity index (χ1) is 5.31. The molecule has 0 fully saturated rings. The smallest absolute Gasteiger partial charge is 1.00 e. The number of rotatable bonds is 6. The van der Waals surface area contributed by atoms with Crippen LogP contribution in [0.4, 0.5) is 0 Å². The van der Waals surface area contributed by atoms with Crippen LogP contribution >= 0.6 is 0 Å². The van der Waals surface area contributed by atoms with Gasteiger partial charge >= 0.3 is 29.6 Å². The summed E-state index contributed by atoms with van der Waals surface area (Å²) in [5.74, 6) is -0.276. The summed E-state index contributed by atoms with van der Waals surface area (Å²) in [7, 11) is 0. The average molecular weight is 183 g/mol.